The predicted octanol–water partition coefficient (Wildman–Crippen LogP) is 3.97. The second-order valence-corrected chi connectivity index (χ2v) is 6.35. The highest BCUT2D eigenvalue weighted by Gasteiger charge is 2.17. The predicted molar refractivity (Wildman–Crippen MR) is 80.8 cm³/mol. The van der Waals surface area contributed by atoms with Crippen molar-refractivity contribution in [1.29, 1.82) is 0 Å². The molecule has 0 saturated carbocycles. The van der Waals surface area contributed by atoms with Crippen LogP contribution in [-0.2, 0) is 6.42 Å². The van der Waals surface area contributed by atoms with Crippen LogP contribution in [0.3, 0.4) is 0 Å². The topological polar surface area (TPSA) is 54.7 Å². The van der Waals surface area contributed by atoms with Crippen LogP contribution in [0.2, 0.25) is 10.0 Å². The van der Waals surface area contributed by atoms with Crippen molar-refractivity contribution in [3.05, 3.63) is 39.6 Å². The minimum Gasteiger partial charge on any atom is -0.342 e. The molecule has 2 aromatic rings. The first kappa shape index (κ1) is 14.4. The fourth-order valence-electron chi connectivity index (χ4n) is 1.93. The highest BCUT2D eigenvalue weighted by molar-refractivity contribution is 6.35. The first-order valence-corrected chi connectivity index (χ1v) is 6.81. The second kappa shape index (κ2) is 5.16. The Balaban J connectivity index is 2.39. The average molecular weight is 298 g/mol. The molecule has 0 bridgehead atoms. The van der Waals surface area contributed by atoms with Gasteiger partial charge in [-0.25, -0.2) is 4.98 Å². The maximum Gasteiger partial charge on any atom is 0.137 e. The Labute approximate surface area is 123 Å². The normalized spacial score (nSPS) is 11.9. The van der Waals surface area contributed by atoms with E-state index in [0.717, 1.165) is 22.8 Å². The van der Waals surface area contributed by atoms with Crippen molar-refractivity contribution in [3.63, 3.8) is 0 Å². The summed E-state index contributed by atoms with van der Waals surface area (Å²) in [5.41, 5.74) is 8.61. The average Bonchev–Trinajstić information content (AvgIpc) is 2.56. The molecule has 0 radical (unpaired) electrons. The van der Waals surface area contributed by atoms with Gasteiger partial charge in [-0.3, -0.25) is 0 Å². The number of aromatic nitrogens is 2. The smallest absolute Gasteiger partial charge is 0.137 e. The number of hydrogen-bond acceptors (Lipinski definition) is 2. The van der Waals surface area contributed by atoms with Gasteiger partial charge >= 0.3 is 0 Å². The van der Waals surface area contributed by atoms with Crippen molar-refractivity contribution in [1.82, 2.24) is 9.97 Å². The van der Waals surface area contributed by atoms with Gasteiger partial charge in [-0.2, -0.15) is 0 Å². The maximum atomic E-state index is 6.04. The summed E-state index contributed by atoms with van der Waals surface area (Å²) in [7, 11) is 0. The van der Waals surface area contributed by atoms with Gasteiger partial charge in [-0.05, 0) is 39.0 Å². The van der Waals surface area contributed by atoms with E-state index >= 15 is 0 Å². The van der Waals surface area contributed by atoms with Gasteiger partial charge in [0, 0.05) is 33.3 Å². The molecule has 0 saturated heterocycles. The van der Waals surface area contributed by atoms with E-state index in [-0.39, 0.29) is 5.54 Å². The van der Waals surface area contributed by atoms with Crippen LogP contribution >= 0.6 is 23.2 Å². The molecule has 0 unspecified atom stereocenters. The van der Waals surface area contributed by atoms with Crippen molar-refractivity contribution in [3.8, 4) is 11.4 Å². The first-order chi connectivity index (χ1) is 8.74. The number of nitrogens with two attached hydrogens (primary N) is 1. The zero-order chi connectivity index (χ0) is 14.2. The zero-order valence-electron chi connectivity index (χ0n) is 11.2. The third kappa shape index (κ3) is 3.72. The van der Waals surface area contributed by atoms with Crippen LogP contribution < -0.4 is 5.73 Å². The van der Waals surface area contributed by atoms with Crippen molar-refractivity contribution in [2.75, 3.05) is 0 Å². The molecule has 3 N–H and O–H groups in total. The van der Waals surface area contributed by atoms with E-state index in [9.17, 15) is 0 Å². The van der Waals surface area contributed by atoms with Crippen LogP contribution in [0, 0.1) is 6.92 Å². The molecule has 3 nitrogen and oxygen atoms in total. The summed E-state index contributed by atoms with van der Waals surface area (Å²) in [4.78, 5) is 7.85. The summed E-state index contributed by atoms with van der Waals surface area (Å²) in [5, 5.41) is 1.19. The largest absolute Gasteiger partial charge is 0.342 e. The van der Waals surface area contributed by atoms with Crippen LogP contribution in [0.15, 0.2) is 18.2 Å². The molecular formula is C14H17Cl2N3. The summed E-state index contributed by atoms with van der Waals surface area (Å²) < 4.78 is 0. The van der Waals surface area contributed by atoms with E-state index in [1.165, 1.54) is 0 Å². The lowest BCUT2D eigenvalue weighted by atomic mass is 9.99. The molecule has 0 aliphatic rings. The number of nitrogens with zero attached hydrogens (tertiary/aromatic N) is 1. The third-order valence-electron chi connectivity index (χ3n) is 2.74. The van der Waals surface area contributed by atoms with Gasteiger partial charge in [0.15, 0.2) is 0 Å². The first-order valence-electron chi connectivity index (χ1n) is 6.05. The Morgan fingerprint density at radius 3 is 2.32 bits per heavy atom. The number of rotatable bonds is 3. The Morgan fingerprint density at radius 2 is 1.79 bits per heavy atom. The Bertz CT molecular complexity index is 577. The summed E-state index contributed by atoms with van der Waals surface area (Å²) in [6.45, 7) is 5.96. The summed E-state index contributed by atoms with van der Waals surface area (Å²) in [6.07, 6.45) is 0.712. The highest BCUT2D eigenvalue weighted by atomic mass is 35.5. The number of aryl methyl sites for hydroxylation is 1. The van der Waals surface area contributed by atoms with E-state index < -0.39 is 0 Å². The van der Waals surface area contributed by atoms with Gasteiger partial charge in [0.1, 0.15) is 5.82 Å². The molecule has 0 aliphatic heterocycles. The summed E-state index contributed by atoms with van der Waals surface area (Å²) in [6, 6.07) is 5.37. The SMILES string of the molecule is Cc1[nH]c(-c2cc(Cl)cc(Cl)c2)nc1CC(C)(C)N. The quantitative estimate of drug-likeness (QED) is 0.900. The van der Waals surface area contributed by atoms with Crippen molar-refractivity contribution < 1.29 is 0 Å². The molecule has 1 aromatic carbocycles. The minimum absolute atomic E-state index is 0.288. The highest BCUT2D eigenvalue weighted by Crippen LogP contribution is 2.26. The van der Waals surface area contributed by atoms with E-state index in [2.05, 4.69) is 9.97 Å². The number of hydrogen-bond donors (Lipinski definition) is 2. The fraction of sp³-hybridized carbons (Fsp3) is 0.357. The number of benzene rings is 1. The molecule has 1 heterocycles. The Kier molecular flexibility index (Phi) is 3.90. The van der Waals surface area contributed by atoms with Crippen LogP contribution in [-0.4, -0.2) is 15.5 Å². The molecule has 0 spiro atoms. The number of halogens is 2. The summed E-state index contributed by atoms with van der Waals surface area (Å²) in [5.74, 6) is 0.765. The van der Waals surface area contributed by atoms with E-state index in [1.54, 1.807) is 6.07 Å². The molecule has 0 atom stereocenters. The van der Waals surface area contributed by atoms with Gasteiger partial charge in [0.25, 0.3) is 0 Å². The minimum atomic E-state index is -0.288. The summed E-state index contributed by atoms with van der Waals surface area (Å²) >= 11 is 12.0. The maximum absolute atomic E-state index is 6.04. The van der Waals surface area contributed by atoms with Crippen LogP contribution in [0.25, 0.3) is 11.4 Å². The monoisotopic (exact) mass is 297 g/mol. The molecule has 102 valence electrons. The van der Waals surface area contributed by atoms with E-state index in [4.69, 9.17) is 28.9 Å². The lowest BCUT2D eigenvalue weighted by Gasteiger charge is -2.16. The molecule has 19 heavy (non-hydrogen) atoms. The van der Waals surface area contributed by atoms with Gasteiger partial charge in [0.2, 0.25) is 0 Å². The third-order valence-corrected chi connectivity index (χ3v) is 3.18. The van der Waals surface area contributed by atoms with E-state index in [0.29, 0.717) is 16.5 Å². The number of imidazole rings is 1. The lowest BCUT2D eigenvalue weighted by Crippen LogP contribution is -2.34. The molecular weight excluding hydrogens is 281 g/mol. The van der Waals surface area contributed by atoms with Crippen LogP contribution in [0.1, 0.15) is 25.2 Å². The van der Waals surface area contributed by atoms with Crippen molar-refractivity contribution >= 4 is 23.2 Å². The van der Waals surface area contributed by atoms with Gasteiger partial charge in [-0.1, -0.05) is 23.2 Å². The fourth-order valence-corrected chi connectivity index (χ4v) is 2.45. The number of aromatic amines is 1. The second-order valence-electron chi connectivity index (χ2n) is 5.48. The van der Waals surface area contributed by atoms with Crippen molar-refractivity contribution in [2.24, 2.45) is 5.73 Å². The van der Waals surface area contributed by atoms with E-state index in [1.807, 2.05) is 32.9 Å². The van der Waals surface area contributed by atoms with Crippen LogP contribution in [0.4, 0.5) is 0 Å². The molecule has 0 fully saturated rings. The molecule has 0 aliphatic carbocycles. The van der Waals surface area contributed by atoms with Gasteiger partial charge in [0.05, 0.1) is 5.69 Å². The van der Waals surface area contributed by atoms with Gasteiger partial charge in [-0.15, -0.1) is 0 Å². The number of H-pyrrole nitrogens is 1. The Morgan fingerprint density at radius 1 is 1.21 bits per heavy atom. The molecule has 0 amide bonds. The zero-order valence-corrected chi connectivity index (χ0v) is 12.7. The molecule has 2 rings (SSSR count). The van der Waals surface area contributed by atoms with Crippen LogP contribution in [0.5, 0.6) is 0 Å². The molecule has 1 aromatic heterocycles. The molecule has 5 heteroatoms. The Hall–Kier alpha value is -1.03. The lowest BCUT2D eigenvalue weighted by molar-refractivity contribution is 0.510. The standard InChI is InChI=1S/C14H17Cl2N3/c1-8-12(7-14(2,3)17)19-13(18-8)9-4-10(15)6-11(16)5-9/h4-6H,7,17H2,1-3H3,(H,18,19). The van der Waals surface area contributed by atoms with Gasteiger partial charge < -0.3 is 10.7 Å². The number of nitrogens with one attached hydrogen (secondary N) is 1. The van der Waals surface area contributed by atoms with Crippen molar-refractivity contribution in [2.45, 2.75) is 32.7 Å².